The van der Waals surface area contributed by atoms with Gasteiger partial charge in [-0.25, -0.2) is 4.79 Å². The quantitative estimate of drug-likeness (QED) is 0.624. The molecule has 5 aliphatic rings. The monoisotopic (exact) mass is 380 g/mol. The molecule has 6 rings (SSSR count). The average Bonchev–Trinajstić information content (AvgIpc) is 3.20. The van der Waals surface area contributed by atoms with Gasteiger partial charge in [0.1, 0.15) is 17.1 Å². The molecule has 5 atom stereocenters. The van der Waals surface area contributed by atoms with Crippen LogP contribution in [0.5, 0.6) is 5.75 Å². The summed E-state index contributed by atoms with van der Waals surface area (Å²) in [5.41, 5.74) is 0.131. The number of hydrogen-bond donors (Lipinski definition) is 1. The summed E-state index contributed by atoms with van der Waals surface area (Å²) in [6.07, 6.45) is 6.51. The highest BCUT2D eigenvalue weighted by Crippen LogP contribution is 2.72. The van der Waals surface area contributed by atoms with E-state index >= 15 is 0 Å². The van der Waals surface area contributed by atoms with Gasteiger partial charge < -0.3 is 14.8 Å². The van der Waals surface area contributed by atoms with Gasteiger partial charge in [0.25, 0.3) is 0 Å². The lowest BCUT2D eigenvalue weighted by molar-refractivity contribution is -0.159. The lowest BCUT2D eigenvalue weighted by Crippen LogP contribution is -2.75. The molecule has 0 radical (unpaired) electrons. The third-order valence-corrected chi connectivity index (χ3v) is 8.23. The SMILES string of the molecule is COC(=O)C12CCC34C=CCN5CC(C(=O)C3)C1(c1cccc(OC)c1N2)C54. The van der Waals surface area contributed by atoms with E-state index in [-0.39, 0.29) is 29.1 Å². The first-order chi connectivity index (χ1) is 13.5. The van der Waals surface area contributed by atoms with Gasteiger partial charge in [-0.1, -0.05) is 24.3 Å². The van der Waals surface area contributed by atoms with Crippen molar-refractivity contribution in [2.45, 2.75) is 36.3 Å². The number of ether oxygens (including phenoxy) is 2. The fourth-order valence-electron chi connectivity index (χ4n) is 7.51. The van der Waals surface area contributed by atoms with Crippen molar-refractivity contribution in [2.24, 2.45) is 11.3 Å². The van der Waals surface area contributed by atoms with E-state index in [1.807, 2.05) is 12.1 Å². The molecule has 28 heavy (non-hydrogen) atoms. The molecular formula is C22H24N2O4. The lowest BCUT2D eigenvalue weighted by Gasteiger charge is -2.62. The number of rotatable bonds is 2. The van der Waals surface area contributed by atoms with E-state index in [4.69, 9.17) is 9.47 Å². The van der Waals surface area contributed by atoms with Crippen molar-refractivity contribution >= 4 is 17.4 Å². The summed E-state index contributed by atoms with van der Waals surface area (Å²) in [5.74, 6) is 0.503. The predicted molar refractivity (Wildman–Crippen MR) is 102 cm³/mol. The van der Waals surface area contributed by atoms with Crippen LogP contribution in [0.2, 0.25) is 0 Å². The van der Waals surface area contributed by atoms with E-state index in [0.29, 0.717) is 25.1 Å². The first-order valence-corrected chi connectivity index (χ1v) is 10.0. The Balaban J connectivity index is 1.73. The molecule has 4 bridgehead atoms. The fraction of sp³-hybridized carbons (Fsp3) is 0.545. The van der Waals surface area contributed by atoms with Gasteiger partial charge >= 0.3 is 5.97 Å². The van der Waals surface area contributed by atoms with Crippen LogP contribution in [0, 0.1) is 11.3 Å². The Morgan fingerprint density at radius 2 is 2.14 bits per heavy atom. The van der Waals surface area contributed by atoms with Crippen molar-refractivity contribution in [1.82, 2.24) is 4.90 Å². The van der Waals surface area contributed by atoms with Crippen LogP contribution >= 0.6 is 0 Å². The first kappa shape index (κ1) is 16.6. The Bertz CT molecular complexity index is 958. The molecule has 2 aliphatic carbocycles. The van der Waals surface area contributed by atoms with Crippen molar-refractivity contribution in [1.29, 1.82) is 0 Å². The van der Waals surface area contributed by atoms with E-state index in [9.17, 15) is 9.59 Å². The largest absolute Gasteiger partial charge is 0.495 e. The highest BCUT2D eigenvalue weighted by molar-refractivity contribution is 5.99. The molecule has 0 aromatic heterocycles. The molecule has 1 saturated heterocycles. The first-order valence-electron chi connectivity index (χ1n) is 10.0. The smallest absolute Gasteiger partial charge is 0.332 e. The predicted octanol–water partition coefficient (Wildman–Crippen LogP) is 1.89. The van der Waals surface area contributed by atoms with Gasteiger partial charge in [-0.3, -0.25) is 9.69 Å². The number of ketones is 1. The average molecular weight is 380 g/mol. The van der Waals surface area contributed by atoms with Crippen LogP contribution in [0.1, 0.15) is 24.8 Å². The van der Waals surface area contributed by atoms with Crippen LogP contribution < -0.4 is 10.1 Å². The lowest BCUT2D eigenvalue weighted by atomic mass is 9.42. The Morgan fingerprint density at radius 1 is 1.29 bits per heavy atom. The third-order valence-electron chi connectivity index (χ3n) is 8.23. The molecule has 6 heteroatoms. The zero-order valence-electron chi connectivity index (χ0n) is 16.2. The van der Waals surface area contributed by atoms with E-state index in [1.54, 1.807) is 7.11 Å². The second-order valence-corrected chi connectivity index (χ2v) is 8.96. The van der Waals surface area contributed by atoms with Gasteiger partial charge in [-0.05, 0) is 24.5 Å². The number of esters is 1. The van der Waals surface area contributed by atoms with Gasteiger partial charge in [-0.2, -0.15) is 0 Å². The number of methoxy groups -OCH3 is 2. The summed E-state index contributed by atoms with van der Waals surface area (Å²) in [6.45, 7) is 1.53. The fourth-order valence-corrected chi connectivity index (χ4v) is 7.51. The van der Waals surface area contributed by atoms with Crippen molar-refractivity contribution in [3.05, 3.63) is 35.9 Å². The van der Waals surface area contributed by atoms with E-state index < -0.39 is 11.0 Å². The topological polar surface area (TPSA) is 67.9 Å². The van der Waals surface area contributed by atoms with Crippen LogP contribution in [0.15, 0.2) is 30.4 Å². The standard InChI is InChI=1S/C22H24N2O4/c1-27-16-6-3-5-13-17(16)23-21(19(26)28-2)9-8-20-7-4-10-24-12-14(15(25)11-20)22(13,21)18(20)24/h3-7,14,18,23H,8-12H2,1-2H3. The van der Waals surface area contributed by atoms with Gasteiger partial charge in [0.05, 0.1) is 25.3 Å². The Labute approximate surface area is 163 Å². The summed E-state index contributed by atoms with van der Waals surface area (Å²) in [7, 11) is 3.09. The minimum atomic E-state index is -0.937. The zero-order chi connectivity index (χ0) is 19.3. The van der Waals surface area contributed by atoms with Crippen LogP contribution in [0.3, 0.4) is 0 Å². The van der Waals surface area contributed by atoms with E-state index in [1.165, 1.54) is 7.11 Å². The van der Waals surface area contributed by atoms with E-state index in [2.05, 4.69) is 28.4 Å². The number of anilines is 1. The minimum Gasteiger partial charge on any atom is -0.495 e. The maximum absolute atomic E-state index is 13.5. The van der Waals surface area contributed by atoms with Crippen molar-refractivity contribution in [2.75, 3.05) is 32.6 Å². The van der Waals surface area contributed by atoms with Crippen LogP contribution in [0.25, 0.3) is 0 Å². The molecule has 1 aromatic carbocycles. The van der Waals surface area contributed by atoms with Crippen molar-refractivity contribution < 1.29 is 19.1 Å². The van der Waals surface area contributed by atoms with E-state index in [0.717, 1.165) is 24.2 Å². The number of benzene rings is 1. The summed E-state index contributed by atoms with van der Waals surface area (Å²) in [6, 6.07) is 6.08. The zero-order valence-corrected chi connectivity index (χ0v) is 16.2. The second-order valence-electron chi connectivity index (χ2n) is 8.96. The molecule has 6 nitrogen and oxygen atoms in total. The number of fused-ring (bicyclic) bond motifs is 1. The normalized spacial score (nSPS) is 41.9. The number of hydrogen-bond acceptors (Lipinski definition) is 6. The summed E-state index contributed by atoms with van der Waals surface area (Å²) in [4.78, 5) is 29.3. The highest BCUT2D eigenvalue weighted by Gasteiger charge is 2.81. The van der Waals surface area contributed by atoms with Crippen molar-refractivity contribution in [3.8, 4) is 5.75 Å². The van der Waals surface area contributed by atoms with Gasteiger partial charge in [0.15, 0.2) is 0 Å². The van der Waals surface area contributed by atoms with Crippen molar-refractivity contribution in [3.63, 3.8) is 0 Å². The number of Topliss-reactive ketones (excluding diaryl/α,β-unsaturated/α-hetero) is 1. The maximum Gasteiger partial charge on any atom is 0.332 e. The van der Waals surface area contributed by atoms with Crippen LogP contribution in [0.4, 0.5) is 5.69 Å². The van der Waals surface area contributed by atoms with Crippen LogP contribution in [-0.2, 0) is 19.7 Å². The molecular weight excluding hydrogens is 356 g/mol. The number of carbonyl (C=O) groups is 2. The minimum absolute atomic E-state index is 0.112. The molecule has 3 fully saturated rings. The molecule has 5 unspecified atom stereocenters. The molecule has 1 N–H and O–H groups in total. The van der Waals surface area contributed by atoms with Gasteiger partial charge in [0, 0.05) is 36.9 Å². The Morgan fingerprint density at radius 3 is 2.93 bits per heavy atom. The van der Waals surface area contributed by atoms with Gasteiger partial charge in [0.2, 0.25) is 0 Å². The number of para-hydroxylation sites is 1. The molecule has 1 aromatic rings. The molecule has 2 saturated carbocycles. The summed E-state index contributed by atoms with van der Waals surface area (Å²) < 4.78 is 11.0. The third kappa shape index (κ3) is 1.48. The summed E-state index contributed by atoms with van der Waals surface area (Å²) in [5, 5.41) is 3.57. The molecule has 3 aliphatic heterocycles. The molecule has 146 valence electrons. The second kappa shape index (κ2) is 4.98. The molecule has 3 heterocycles. The number of nitrogens with zero attached hydrogens (tertiary/aromatic N) is 1. The van der Waals surface area contributed by atoms with Crippen LogP contribution in [-0.4, -0.2) is 55.5 Å². The highest BCUT2D eigenvalue weighted by atomic mass is 16.5. The number of nitrogens with one attached hydrogen (secondary N) is 1. The summed E-state index contributed by atoms with van der Waals surface area (Å²) >= 11 is 0. The maximum atomic E-state index is 13.5. The Kier molecular flexibility index (Phi) is 2.95. The molecule has 1 spiro atoms. The Hall–Kier alpha value is -2.34. The number of carbonyl (C=O) groups excluding carboxylic acids is 2. The van der Waals surface area contributed by atoms with Gasteiger partial charge in [-0.15, -0.1) is 0 Å². The molecule has 0 amide bonds.